The molecule has 1 N–H and O–H groups in total. The predicted molar refractivity (Wildman–Crippen MR) is 92.4 cm³/mol. The summed E-state index contributed by atoms with van der Waals surface area (Å²) in [6.45, 7) is 3.65. The fourth-order valence-electron chi connectivity index (χ4n) is 3.24. The molecule has 124 valence electrons. The van der Waals surface area contributed by atoms with Crippen molar-refractivity contribution in [1.82, 2.24) is 24.9 Å². The van der Waals surface area contributed by atoms with Crippen molar-refractivity contribution in [3.63, 3.8) is 0 Å². The molecule has 1 saturated heterocycles. The molecule has 0 amide bonds. The Labute approximate surface area is 140 Å². The largest absolute Gasteiger partial charge is 0.393 e. The lowest BCUT2D eigenvalue weighted by molar-refractivity contribution is 0.0804. The van der Waals surface area contributed by atoms with Gasteiger partial charge in [0.25, 0.3) is 0 Å². The van der Waals surface area contributed by atoms with Crippen LogP contribution in [0.25, 0.3) is 22.0 Å². The Morgan fingerprint density at radius 1 is 1.08 bits per heavy atom. The smallest absolute Gasteiger partial charge is 0.115 e. The third kappa shape index (κ3) is 3.16. The Hall–Kier alpha value is -2.31. The zero-order valence-corrected chi connectivity index (χ0v) is 13.5. The summed E-state index contributed by atoms with van der Waals surface area (Å²) in [5, 5.41) is 20.4. The monoisotopic (exact) mass is 323 g/mol. The zero-order chi connectivity index (χ0) is 16.4. The van der Waals surface area contributed by atoms with Gasteiger partial charge in [-0.15, -0.1) is 5.10 Å². The lowest BCUT2D eigenvalue weighted by atomic mass is 10.1. The fraction of sp³-hybridized carbons (Fsp3) is 0.389. The van der Waals surface area contributed by atoms with E-state index in [0.717, 1.165) is 61.1 Å². The zero-order valence-electron chi connectivity index (χ0n) is 13.5. The van der Waals surface area contributed by atoms with Crippen molar-refractivity contribution in [2.24, 2.45) is 0 Å². The molecule has 6 heteroatoms. The van der Waals surface area contributed by atoms with Crippen molar-refractivity contribution >= 4 is 10.8 Å². The van der Waals surface area contributed by atoms with E-state index >= 15 is 0 Å². The highest BCUT2D eigenvalue weighted by atomic mass is 16.3. The van der Waals surface area contributed by atoms with Crippen LogP contribution in [0.2, 0.25) is 0 Å². The molecule has 24 heavy (non-hydrogen) atoms. The summed E-state index contributed by atoms with van der Waals surface area (Å²) in [6, 6.07) is 8.19. The van der Waals surface area contributed by atoms with Crippen molar-refractivity contribution in [1.29, 1.82) is 0 Å². The number of aromatic nitrogens is 4. The average molecular weight is 323 g/mol. The molecule has 1 aromatic carbocycles. The SMILES string of the molecule is OC1CCN(CCn2cc(-c3cncc4ccccc34)nn2)CC1. The maximum Gasteiger partial charge on any atom is 0.115 e. The Kier molecular flexibility index (Phi) is 4.23. The fourth-order valence-corrected chi connectivity index (χ4v) is 3.24. The summed E-state index contributed by atoms with van der Waals surface area (Å²) in [4.78, 5) is 6.68. The molecule has 4 rings (SSSR count). The van der Waals surface area contributed by atoms with Crippen molar-refractivity contribution < 1.29 is 5.11 Å². The molecule has 0 spiro atoms. The number of fused-ring (bicyclic) bond motifs is 1. The Balaban J connectivity index is 1.48. The molecule has 0 bridgehead atoms. The molecule has 3 aromatic rings. The molecule has 1 fully saturated rings. The average Bonchev–Trinajstić information content (AvgIpc) is 3.09. The molecule has 0 aliphatic carbocycles. The van der Waals surface area contributed by atoms with E-state index in [4.69, 9.17) is 0 Å². The molecule has 6 nitrogen and oxygen atoms in total. The highest BCUT2D eigenvalue weighted by Gasteiger charge is 2.16. The van der Waals surface area contributed by atoms with E-state index in [1.807, 2.05) is 35.4 Å². The second kappa shape index (κ2) is 6.67. The van der Waals surface area contributed by atoms with Crippen LogP contribution < -0.4 is 0 Å². The van der Waals surface area contributed by atoms with Gasteiger partial charge in [0.1, 0.15) is 5.69 Å². The Bertz CT molecular complexity index is 818. The van der Waals surface area contributed by atoms with Crippen molar-refractivity contribution in [3.05, 3.63) is 42.9 Å². The normalized spacial score (nSPS) is 16.7. The third-order valence-electron chi connectivity index (χ3n) is 4.69. The molecule has 0 saturated carbocycles. The third-order valence-corrected chi connectivity index (χ3v) is 4.69. The van der Waals surface area contributed by atoms with E-state index in [1.165, 1.54) is 0 Å². The number of benzene rings is 1. The van der Waals surface area contributed by atoms with Crippen LogP contribution in [-0.2, 0) is 6.54 Å². The van der Waals surface area contributed by atoms with Crippen molar-refractivity contribution in [3.8, 4) is 11.3 Å². The molecule has 0 atom stereocenters. The second-order valence-corrected chi connectivity index (χ2v) is 6.35. The second-order valence-electron chi connectivity index (χ2n) is 6.35. The number of likely N-dealkylation sites (tertiary alicyclic amines) is 1. The molecule has 0 radical (unpaired) electrons. The Morgan fingerprint density at radius 3 is 2.79 bits per heavy atom. The van der Waals surface area contributed by atoms with Gasteiger partial charge in [-0.1, -0.05) is 29.5 Å². The van der Waals surface area contributed by atoms with Crippen LogP contribution in [0.5, 0.6) is 0 Å². The summed E-state index contributed by atoms with van der Waals surface area (Å²) < 4.78 is 1.89. The topological polar surface area (TPSA) is 67.1 Å². The van der Waals surface area contributed by atoms with Gasteiger partial charge in [-0.25, -0.2) is 0 Å². The van der Waals surface area contributed by atoms with Crippen LogP contribution in [0.4, 0.5) is 0 Å². The number of aliphatic hydroxyl groups excluding tert-OH is 1. The minimum absolute atomic E-state index is 0.127. The molecular weight excluding hydrogens is 302 g/mol. The summed E-state index contributed by atoms with van der Waals surface area (Å²) in [5.74, 6) is 0. The van der Waals surface area contributed by atoms with Crippen LogP contribution in [-0.4, -0.2) is 55.7 Å². The van der Waals surface area contributed by atoms with Gasteiger partial charge in [0.2, 0.25) is 0 Å². The summed E-state index contributed by atoms with van der Waals surface area (Å²) >= 11 is 0. The van der Waals surface area contributed by atoms with E-state index in [2.05, 4.69) is 32.3 Å². The molecule has 2 aromatic heterocycles. The molecule has 1 aliphatic heterocycles. The van der Waals surface area contributed by atoms with E-state index in [9.17, 15) is 5.11 Å². The quantitative estimate of drug-likeness (QED) is 0.795. The molecule has 3 heterocycles. The van der Waals surface area contributed by atoms with Crippen LogP contribution in [0.1, 0.15) is 12.8 Å². The molecule has 0 unspecified atom stereocenters. The summed E-state index contributed by atoms with van der Waals surface area (Å²) in [5.41, 5.74) is 1.87. The Morgan fingerprint density at radius 2 is 1.92 bits per heavy atom. The standard InChI is InChI=1S/C18H21N5O/c24-15-5-7-22(8-6-15)9-10-23-13-18(20-21-23)17-12-19-11-14-3-1-2-4-16(14)17/h1-4,11-13,15,24H,5-10H2. The molecule has 1 aliphatic rings. The lowest BCUT2D eigenvalue weighted by Gasteiger charge is -2.29. The number of nitrogens with zero attached hydrogens (tertiary/aromatic N) is 5. The first-order valence-corrected chi connectivity index (χ1v) is 8.43. The van der Waals surface area contributed by atoms with Crippen molar-refractivity contribution in [2.75, 3.05) is 19.6 Å². The number of rotatable bonds is 4. The predicted octanol–water partition coefficient (Wildman–Crippen LogP) is 1.95. The maximum atomic E-state index is 9.57. The van der Waals surface area contributed by atoms with Crippen LogP contribution in [0, 0.1) is 0 Å². The van der Waals surface area contributed by atoms with Crippen LogP contribution in [0.15, 0.2) is 42.9 Å². The highest BCUT2D eigenvalue weighted by Crippen LogP contribution is 2.25. The highest BCUT2D eigenvalue weighted by molar-refractivity contribution is 5.94. The first-order chi connectivity index (χ1) is 11.8. The number of piperidine rings is 1. The van der Waals surface area contributed by atoms with Gasteiger partial charge in [0, 0.05) is 43.0 Å². The summed E-state index contributed by atoms with van der Waals surface area (Å²) in [7, 11) is 0. The summed E-state index contributed by atoms with van der Waals surface area (Å²) in [6.07, 6.45) is 7.31. The minimum atomic E-state index is -0.127. The first-order valence-electron chi connectivity index (χ1n) is 8.43. The van der Waals surface area contributed by atoms with Crippen LogP contribution >= 0.6 is 0 Å². The van der Waals surface area contributed by atoms with E-state index < -0.39 is 0 Å². The number of aliphatic hydroxyl groups is 1. The minimum Gasteiger partial charge on any atom is -0.393 e. The van der Waals surface area contributed by atoms with E-state index in [-0.39, 0.29) is 6.10 Å². The van der Waals surface area contributed by atoms with Gasteiger partial charge in [-0.2, -0.15) is 0 Å². The molecular formula is C18H21N5O. The number of pyridine rings is 1. The maximum absolute atomic E-state index is 9.57. The van der Waals surface area contributed by atoms with Gasteiger partial charge in [0.15, 0.2) is 0 Å². The van der Waals surface area contributed by atoms with Gasteiger partial charge in [0.05, 0.1) is 18.8 Å². The first kappa shape index (κ1) is 15.2. The lowest BCUT2D eigenvalue weighted by Crippen LogP contribution is -2.37. The number of hydrogen-bond donors (Lipinski definition) is 1. The van der Waals surface area contributed by atoms with Gasteiger partial charge < -0.3 is 10.0 Å². The van der Waals surface area contributed by atoms with Crippen LogP contribution in [0.3, 0.4) is 0 Å². The van der Waals surface area contributed by atoms with E-state index in [0.29, 0.717) is 0 Å². The van der Waals surface area contributed by atoms with Crippen molar-refractivity contribution in [2.45, 2.75) is 25.5 Å². The van der Waals surface area contributed by atoms with Gasteiger partial charge >= 0.3 is 0 Å². The van der Waals surface area contributed by atoms with Gasteiger partial charge in [-0.3, -0.25) is 9.67 Å². The van der Waals surface area contributed by atoms with Gasteiger partial charge in [-0.05, 0) is 18.2 Å². The van der Waals surface area contributed by atoms with E-state index in [1.54, 1.807) is 0 Å². The number of hydrogen-bond acceptors (Lipinski definition) is 5.